The molecule has 1 nitrogen and oxygen atoms in total. The van der Waals surface area contributed by atoms with E-state index in [1.807, 2.05) is 6.07 Å². The quantitative estimate of drug-likeness (QED) is 0.689. The van der Waals surface area contributed by atoms with Crippen LogP contribution >= 0.6 is 0 Å². The van der Waals surface area contributed by atoms with Crippen molar-refractivity contribution in [3.63, 3.8) is 0 Å². The lowest BCUT2D eigenvalue weighted by Crippen LogP contribution is -2.09. The fourth-order valence-electron chi connectivity index (χ4n) is 1.07. The van der Waals surface area contributed by atoms with Crippen LogP contribution in [0.2, 0.25) is 0 Å². The van der Waals surface area contributed by atoms with E-state index in [-0.39, 0.29) is 11.9 Å². The van der Waals surface area contributed by atoms with Crippen LogP contribution in [0.5, 0.6) is 0 Å². The lowest BCUT2D eigenvalue weighted by Gasteiger charge is -2.07. The normalized spacial score (nSPS) is 11.6. The summed E-state index contributed by atoms with van der Waals surface area (Å²) in [6.07, 6.45) is 0.569. The lowest BCUT2D eigenvalue weighted by molar-refractivity contribution is 0.620. The zero-order valence-corrected chi connectivity index (χ0v) is 7.55. The molecule has 2 heteroatoms. The topological polar surface area (TPSA) is 26.0 Å². The van der Waals surface area contributed by atoms with Crippen LogP contribution in [0, 0.1) is 17.7 Å². The third-order valence-corrected chi connectivity index (χ3v) is 1.78. The molecule has 0 fully saturated rings. The number of benzene rings is 1. The number of nitrogens with two attached hydrogens (primary N) is 1. The Labute approximate surface area is 77.8 Å². The molecule has 13 heavy (non-hydrogen) atoms. The van der Waals surface area contributed by atoms with Crippen molar-refractivity contribution in [1.82, 2.24) is 0 Å². The summed E-state index contributed by atoms with van der Waals surface area (Å²) >= 11 is 0. The van der Waals surface area contributed by atoms with Crippen molar-refractivity contribution in [2.75, 3.05) is 0 Å². The van der Waals surface area contributed by atoms with Crippen molar-refractivity contribution in [1.29, 1.82) is 0 Å². The smallest absolute Gasteiger partial charge is 0.123 e. The lowest BCUT2D eigenvalue weighted by atomic mass is 10.1. The largest absolute Gasteiger partial charge is 0.323 e. The van der Waals surface area contributed by atoms with Crippen LogP contribution in [-0.4, -0.2) is 0 Å². The first-order valence-corrected chi connectivity index (χ1v) is 4.14. The minimum atomic E-state index is -0.252. The molecule has 0 radical (unpaired) electrons. The average Bonchev–Trinajstić information content (AvgIpc) is 2.14. The van der Waals surface area contributed by atoms with E-state index >= 15 is 0 Å². The molecular weight excluding hydrogens is 165 g/mol. The second-order valence-corrected chi connectivity index (χ2v) is 2.79. The predicted molar refractivity (Wildman–Crippen MR) is 51.4 cm³/mol. The Kier molecular flexibility index (Phi) is 3.48. The van der Waals surface area contributed by atoms with Crippen molar-refractivity contribution in [3.05, 3.63) is 35.6 Å². The summed E-state index contributed by atoms with van der Waals surface area (Å²) < 4.78 is 12.8. The molecule has 1 aromatic carbocycles. The molecule has 0 saturated carbocycles. The first-order valence-electron chi connectivity index (χ1n) is 4.14. The van der Waals surface area contributed by atoms with Crippen LogP contribution in [0.15, 0.2) is 24.3 Å². The summed E-state index contributed by atoms with van der Waals surface area (Å²) in [5.74, 6) is 5.38. The maximum Gasteiger partial charge on any atom is 0.123 e. The molecule has 1 unspecified atom stereocenters. The molecule has 68 valence electrons. The molecule has 2 N–H and O–H groups in total. The van der Waals surface area contributed by atoms with Crippen molar-refractivity contribution in [2.45, 2.75) is 19.4 Å². The van der Waals surface area contributed by atoms with Gasteiger partial charge in [-0.2, -0.15) is 0 Å². The van der Waals surface area contributed by atoms with Gasteiger partial charge in [0, 0.05) is 12.5 Å². The number of hydrogen-bond acceptors (Lipinski definition) is 1. The van der Waals surface area contributed by atoms with E-state index in [4.69, 9.17) is 5.73 Å². The molecule has 0 aliphatic heterocycles. The zero-order chi connectivity index (χ0) is 9.68. The van der Waals surface area contributed by atoms with Crippen molar-refractivity contribution in [2.24, 2.45) is 5.73 Å². The Morgan fingerprint density at radius 1 is 1.54 bits per heavy atom. The third-order valence-electron chi connectivity index (χ3n) is 1.78. The molecule has 0 amide bonds. The summed E-state index contributed by atoms with van der Waals surface area (Å²) in [6.45, 7) is 1.76. The molecule has 1 aromatic rings. The minimum absolute atomic E-state index is 0.192. The molecular formula is C11H12FN. The highest BCUT2D eigenvalue weighted by atomic mass is 19.1. The second kappa shape index (κ2) is 4.64. The van der Waals surface area contributed by atoms with Gasteiger partial charge in [0.15, 0.2) is 0 Å². The first-order chi connectivity index (χ1) is 6.24. The Hall–Kier alpha value is -1.33. The second-order valence-electron chi connectivity index (χ2n) is 2.79. The van der Waals surface area contributed by atoms with E-state index in [1.54, 1.807) is 13.0 Å². The van der Waals surface area contributed by atoms with E-state index in [0.29, 0.717) is 6.42 Å². The van der Waals surface area contributed by atoms with Crippen molar-refractivity contribution in [3.8, 4) is 11.8 Å². The molecule has 0 spiro atoms. The highest BCUT2D eigenvalue weighted by molar-refractivity contribution is 5.21. The minimum Gasteiger partial charge on any atom is -0.323 e. The maximum atomic E-state index is 12.8. The van der Waals surface area contributed by atoms with Gasteiger partial charge in [-0.1, -0.05) is 12.1 Å². The molecule has 0 aliphatic carbocycles. The monoisotopic (exact) mass is 177 g/mol. The van der Waals surface area contributed by atoms with Gasteiger partial charge in [-0.25, -0.2) is 4.39 Å². The molecule has 0 aromatic heterocycles. The molecule has 1 atom stereocenters. The van der Waals surface area contributed by atoms with E-state index < -0.39 is 0 Å². The standard InChI is InChI=1S/C11H12FN/c1-2-3-7-11(13)9-5-4-6-10(12)8-9/h4-6,8,11H,7,13H2,1H3. The van der Waals surface area contributed by atoms with Crippen LogP contribution in [0.4, 0.5) is 4.39 Å². The van der Waals surface area contributed by atoms with Crippen LogP contribution in [0.25, 0.3) is 0 Å². The van der Waals surface area contributed by atoms with Gasteiger partial charge < -0.3 is 5.73 Å². The first kappa shape index (κ1) is 9.76. The van der Waals surface area contributed by atoms with Crippen molar-refractivity contribution >= 4 is 0 Å². The predicted octanol–water partition coefficient (Wildman–Crippen LogP) is 2.24. The number of rotatable bonds is 2. The highest BCUT2D eigenvalue weighted by Gasteiger charge is 2.04. The summed E-state index contributed by atoms with van der Waals surface area (Å²) in [5, 5.41) is 0. The molecule has 0 bridgehead atoms. The van der Waals surface area contributed by atoms with Gasteiger partial charge in [0.05, 0.1) is 0 Å². The average molecular weight is 177 g/mol. The summed E-state index contributed by atoms with van der Waals surface area (Å²) in [5.41, 5.74) is 6.58. The summed E-state index contributed by atoms with van der Waals surface area (Å²) in [4.78, 5) is 0. The van der Waals surface area contributed by atoms with Crippen LogP contribution in [-0.2, 0) is 0 Å². The number of halogens is 1. The third kappa shape index (κ3) is 2.89. The Morgan fingerprint density at radius 3 is 2.92 bits per heavy atom. The zero-order valence-electron chi connectivity index (χ0n) is 7.55. The Bertz CT molecular complexity index is 335. The summed E-state index contributed by atoms with van der Waals surface area (Å²) in [6, 6.07) is 6.13. The SMILES string of the molecule is CC#CCC(N)c1cccc(F)c1. The summed E-state index contributed by atoms with van der Waals surface area (Å²) in [7, 11) is 0. The molecule has 1 rings (SSSR count). The van der Waals surface area contributed by atoms with Crippen LogP contribution < -0.4 is 5.73 Å². The van der Waals surface area contributed by atoms with E-state index in [0.717, 1.165) is 5.56 Å². The van der Waals surface area contributed by atoms with Gasteiger partial charge in [-0.3, -0.25) is 0 Å². The van der Waals surface area contributed by atoms with Crippen molar-refractivity contribution < 1.29 is 4.39 Å². The number of hydrogen-bond donors (Lipinski definition) is 1. The van der Waals surface area contributed by atoms with Gasteiger partial charge in [-0.05, 0) is 24.6 Å². The Balaban J connectivity index is 2.74. The van der Waals surface area contributed by atoms with Gasteiger partial charge in [0.2, 0.25) is 0 Å². The Morgan fingerprint density at radius 2 is 2.31 bits per heavy atom. The van der Waals surface area contributed by atoms with Gasteiger partial charge in [0.1, 0.15) is 5.82 Å². The van der Waals surface area contributed by atoms with E-state index in [2.05, 4.69) is 11.8 Å². The van der Waals surface area contributed by atoms with E-state index in [9.17, 15) is 4.39 Å². The fraction of sp³-hybridized carbons (Fsp3) is 0.273. The highest BCUT2D eigenvalue weighted by Crippen LogP contribution is 2.13. The van der Waals surface area contributed by atoms with Crippen LogP contribution in [0.1, 0.15) is 24.9 Å². The molecule has 0 heterocycles. The maximum absolute atomic E-state index is 12.8. The molecule has 0 aliphatic rings. The van der Waals surface area contributed by atoms with E-state index in [1.165, 1.54) is 12.1 Å². The van der Waals surface area contributed by atoms with Gasteiger partial charge in [0.25, 0.3) is 0 Å². The fourth-order valence-corrected chi connectivity index (χ4v) is 1.07. The van der Waals surface area contributed by atoms with Gasteiger partial charge >= 0.3 is 0 Å². The van der Waals surface area contributed by atoms with Crippen LogP contribution in [0.3, 0.4) is 0 Å². The molecule has 0 saturated heterocycles. The van der Waals surface area contributed by atoms with Gasteiger partial charge in [-0.15, -0.1) is 11.8 Å².